The number of aromatic nitrogens is 2. The first-order chi connectivity index (χ1) is 20.0. The summed E-state index contributed by atoms with van der Waals surface area (Å²) in [7, 11) is 0. The molecule has 1 amide bonds. The molecule has 0 saturated carbocycles. The number of carbonyl (C=O) groups excluding carboxylic acids is 1. The number of anilines is 1. The number of carboxylic acids is 1. The Balaban J connectivity index is 1.30. The van der Waals surface area contributed by atoms with Crippen molar-refractivity contribution in [1.29, 1.82) is 0 Å². The van der Waals surface area contributed by atoms with E-state index in [-0.39, 0.29) is 17.2 Å². The topological polar surface area (TPSA) is 97.4 Å². The van der Waals surface area contributed by atoms with Crippen LogP contribution in [0.25, 0.3) is 33.1 Å². The van der Waals surface area contributed by atoms with Gasteiger partial charge in [0.25, 0.3) is 5.91 Å². The van der Waals surface area contributed by atoms with Gasteiger partial charge in [-0.2, -0.15) is 0 Å². The SMILES string of the molecule is CCCCc1nc2ccc(NC(=O)c3cc4ccccc4o3)cc2n1Cc1ccc(-c2ccccc2C(=O)O)cc1. The Bertz CT molecular complexity index is 1850. The molecule has 7 nitrogen and oxygen atoms in total. The molecule has 0 atom stereocenters. The molecule has 0 fully saturated rings. The third-order valence-corrected chi connectivity index (χ3v) is 7.25. The average Bonchev–Trinajstić information content (AvgIpc) is 3.58. The lowest BCUT2D eigenvalue weighted by molar-refractivity contribution is 0.0697. The lowest BCUT2D eigenvalue weighted by Gasteiger charge is -2.12. The maximum Gasteiger partial charge on any atom is 0.336 e. The maximum atomic E-state index is 13.0. The number of aromatic carboxylic acids is 1. The predicted molar refractivity (Wildman–Crippen MR) is 160 cm³/mol. The normalized spacial score (nSPS) is 11.2. The van der Waals surface area contributed by atoms with E-state index in [4.69, 9.17) is 9.40 Å². The molecule has 2 N–H and O–H groups in total. The van der Waals surface area contributed by atoms with Gasteiger partial charge in [-0.05, 0) is 59.5 Å². The van der Waals surface area contributed by atoms with Crippen molar-refractivity contribution in [2.45, 2.75) is 32.7 Å². The zero-order chi connectivity index (χ0) is 28.3. The van der Waals surface area contributed by atoms with Crippen molar-refractivity contribution in [2.24, 2.45) is 0 Å². The monoisotopic (exact) mass is 543 g/mol. The summed E-state index contributed by atoms with van der Waals surface area (Å²) in [6.45, 7) is 2.75. The van der Waals surface area contributed by atoms with Gasteiger partial charge in [0.15, 0.2) is 5.76 Å². The summed E-state index contributed by atoms with van der Waals surface area (Å²) < 4.78 is 7.94. The Kier molecular flexibility index (Phi) is 7.08. The van der Waals surface area contributed by atoms with Gasteiger partial charge in [-0.3, -0.25) is 4.79 Å². The summed E-state index contributed by atoms with van der Waals surface area (Å²) in [6, 6.07) is 30.0. The van der Waals surface area contributed by atoms with Crippen LogP contribution in [0.4, 0.5) is 5.69 Å². The molecule has 0 spiro atoms. The van der Waals surface area contributed by atoms with E-state index < -0.39 is 5.97 Å². The Morgan fingerprint density at radius 1 is 0.927 bits per heavy atom. The van der Waals surface area contributed by atoms with Crippen molar-refractivity contribution in [1.82, 2.24) is 9.55 Å². The predicted octanol–water partition coefficient (Wildman–Crippen LogP) is 7.79. The molecule has 204 valence electrons. The van der Waals surface area contributed by atoms with Crippen LogP contribution in [0, 0.1) is 0 Å². The number of unbranched alkanes of at least 4 members (excludes halogenated alkanes) is 1. The largest absolute Gasteiger partial charge is 0.478 e. The number of aryl methyl sites for hydroxylation is 1. The molecule has 0 aliphatic heterocycles. The van der Waals surface area contributed by atoms with Crippen LogP contribution in [0.2, 0.25) is 0 Å². The number of nitrogens with zero attached hydrogens (tertiary/aromatic N) is 2. The van der Waals surface area contributed by atoms with Crippen molar-refractivity contribution >= 4 is 39.6 Å². The molecule has 7 heteroatoms. The molecule has 0 radical (unpaired) electrons. The van der Waals surface area contributed by atoms with Gasteiger partial charge in [0.05, 0.1) is 16.6 Å². The fourth-order valence-electron chi connectivity index (χ4n) is 5.13. The fourth-order valence-corrected chi connectivity index (χ4v) is 5.13. The van der Waals surface area contributed by atoms with Crippen molar-refractivity contribution in [3.63, 3.8) is 0 Å². The van der Waals surface area contributed by atoms with Gasteiger partial charge < -0.3 is 19.4 Å². The number of carbonyl (C=O) groups is 2. The van der Waals surface area contributed by atoms with Gasteiger partial charge in [0, 0.05) is 24.0 Å². The van der Waals surface area contributed by atoms with Gasteiger partial charge >= 0.3 is 5.97 Å². The van der Waals surface area contributed by atoms with Crippen molar-refractivity contribution in [3.05, 3.63) is 120 Å². The average molecular weight is 544 g/mol. The van der Waals surface area contributed by atoms with E-state index in [1.807, 2.05) is 78.9 Å². The standard InChI is InChI=1S/C34H29N3O4/c1-2-3-12-32-36-28-18-17-25(35-33(38)31-19-24-8-4-7-11-30(24)41-31)20-29(28)37(32)21-22-13-15-23(16-14-22)26-9-5-6-10-27(26)34(39)40/h4-11,13-20H,2-3,12,21H2,1H3,(H,35,38)(H,39,40). The van der Waals surface area contributed by atoms with Gasteiger partial charge in [-0.25, -0.2) is 9.78 Å². The molecule has 0 aliphatic carbocycles. The number of para-hydroxylation sites is 1. The number of benzene rings is 4. The highest BCUT2D eigenvalue weighted by Gasteiger charge is 2.16. The minimum atomic E-state index is -0.946. The van der Waals surface area contributed by atoms with Crippen LogP contribution in [-0.4, -0.2) is 26.5 Å². The fraction of sp³-hybridized carbons (Fsp3) is 0.147. The number of furan rings is 1. The van der Waals surface area contributed by atoms with Crippen molar-refractivity contribution in [3.8, 4) is 11.1 Å². The van der Waals surface area contributed by atoms with Gasteiger partial charge in [0.2, 0.25) is 0 Å². The summed E-state index contributed by atoms with van der Waals surface area (Å²) in [5, 5.41) is 13.4. The smallest absolute Gasteiger partial charge is 0.336 e. The first kappa shape index (κ1) is 26.1. The summed E-state index contributed by atoms with van der Waals surface area (Å²) in [4.78, 5) is 29.6. The Morgan fingerprint density at radius 3 is 2.49 bits per heavy atom. The molecule has 2 aromatic heterocycles. The summed E-state index contributed by atoms with van der Waals surface area (Å²) in [5.74, 6) is -0.00990. The maximum absolute atomic E-state index is 13.0. The van der Waals surface area contributed by atoms with Crippen LogP contribution in [0.3, 0.4) is 0 Å². The number of nitrogens with one attached hydrogen (secondary N) is 1. The molecular formula is C34H29N3O4. The number of amides is 1. The quantitative estimate of drug-likeness (QED) is 0.194. The van der Waals surface area contributed by atoms with Crippen LogP contribution >= 0.6 is 0 Å². The zero-order valence-corrected chi connectivity index (χ0v) is 22.6. The van der Waals surface area contributed by atoms with E-state index in [2.05, 4.69) is 16.8 Å². The molecule has 6 rings (SSSR count). The van der Waals surface area contributed by atoms with E-state index in [0.717, 1.165) is 52.6 Å². The Morgan fingerprint density at radius 2 is 1.71 bits per heavy atom. The molecular weight excluding hydrogens is 514 g/mol. The summed E-state index contributed by atoms with van der Waals surface area (Å²) >= 11 is 0. The highest BCUT2D eigenvalue weighted by molar-refractivity contribution is 6.05. The summed E-state index contributed by atoms with van der Waals surface area (Å²) in [6.07, 6.45) is 2.92. The molecule has 0 saturated heterocycles. The van der Waals surface area contributed by atoms with Crippen LogP contribution in [-0.2, 0) is 13.0 Å². The summed E-state index contributed by atoms with van der Waals surface area (Å²) in [5.41, 5.74) is 6.01. The van der Waals surface area contributed by atoms with Gasteiger partial charge in [-0.15, -0.1) is 0 Å². The number of hydrogen-bond donors (Lipinski definition) is 2. The third-order valence-electron chi connectivity index (χ3n) is 7.25. The number of carboxylic acid groups (broad SMARTS) is 1. The molecule has 41 heavy (non-hydrogen) atoms. The van der Waals surface area contributed by atoms with Crippen LogP contribution in [0.5, 0.6) is 0 Å². The van der Waals surface area contributed by atoms with E-state index in [1.165, 1.54) is 0 Å². The zero-order valence-electron chi connectivity index (χ0n) is 22.6. The molecule has 2 heterocycles. The van der Waals surface area contributed by atoms with Gasteiger partial charge in [0.1, 0.15) is 11.4 Å². The van der Waals surface area contributed by atoms with E-state index in [0.29, 0.717) is 23.4 Å². The van der Waals surface area contributed by atoms with Crippen molar-refractivity contribution < 1.29 is 19.1 Å². The number of rotatable bonds is 9. The number of imidazole rings is 1. The third kappa shape index (κ3) is 5.34. The number of fused-ring (bicyclic) bond motifs is 2. The number of hydrogen-bond acceptors (Lipinski definition) is 4. The van der Waals surface area contributed by atoms with Crippen LogP contribution in [0.1, 0.15) is 52.1 Å². The lowest BCUT2D eigenvalue weighted by Crippen LogP contribution is -2.11. The molecule has 6 aromatic rings. The first-order valence-corrected chi connectivity index (χ1v) is 13.7. The Labute approximate surface area is 237 Å². The second kappa shape index (κ2) is 11.1. The first-order valence-electron chi connectivity index (χ1n) is 13.7. The lowest BCUT2D eigenvalue weighted by atomic mass is 9.99. The van der Waals surface area contributed by atoms with E-state index >= 15 is 0 Å². The van der Waals surface area contributed by atoms with Gasteiger partial charge in [-0.1, -0.05) is 74.0 Å². The van der Waals surface area contributed by atoms with Crippen molar-refractivity contribution in [2.75, 3.05) is 5.32 Å². The van der Waals surface area contributed by atoms with E-state index in [9.17, 15) is 14.7 Å². The van der Waals surface area contributed by atoms with E-state index in [1.54, 1.807) is 18.2 Å². The minimum absolute atomic E-state index is 0.257. The minimum Gasteiger partial charge on any atom is -0.478 e. The highest BCUT2D eigenvalue weighted by Crippen LogP contribution is 2.27. The van der Waals surface area contributed by atoms with Crippen LogP contribution < -0.4 is 5.32 Å². The second-order valence-electron chi connectivity index (χ2n) is 10.1. The second-order valence-corrected chi connectivity index (χ2v) is 10.1. The molecule has 0 aliphatic rings. The highest BCUT2D eigenvalue weighted by atomic mass is 16.4. The molecule has 0 unspecified atom stereocenters. The Hall–Kier alpha value is -5.17. The molecule has 0 bridgehead atoms. The molecule has 4 aromatic carbocycles. The van der Waals surface area contributed by atoms with Crippen LogP contribution in [0.15, 0.2) is 101 Å².